The molecule has 20 heavy (non-hydrogen) atoms. The molecule has 1 aromatic rings. The summed E-state index contributed by atoms with van der Waals surface area (Å²) >= 11 is 0. The molecule has 0 aliphatic carbocycles. The highest BCUT2D eigenvalue weighted by molar-refractivity contribution is 5.20. The first kappa shape index (κ1) is 15.4. The molecule has 2 N–H and O–H groups in total. The van der Waals surface area contributed by atoms with Crippen LogP contribution in [0.4, 0.5) is 4.39 Å². The van der Waals surface area contributed by atoms with Crippen LogP contribution in [-0.4, -0.2) is 48.1 Å². The van der Waals surface area contributed by atoms with Crippen LogP contribution in [0, 0.1) is 5.82 Å². The van der Waals surface area contributed by atoms with Crippen LogP contribution in [-0.2, 0) is 0 Å². The summed E-state index contributed by atoms with van der Waals surface area (Å²) in [4.78, 5) is 4.87. The highest BCUT2D eigenvalue weighted by Gasteiger charge is 2.26. The Kier molecular flexibility index (Phi) is 4.78. The van der Waals surface area contributed by atoms with Gasteiger partial charge in [-0.05, 0) is 38.5 Å². The maximum absolute atomic E-state index is 13.2. The van der Waals surface area contributed by atoms with Crippen LogP contribution in [0.3, 0.4) is 0 Å². The molecule has 1 atom stereocenters. The van der Waals surface area contributed by atoms with Crippen LogP contribution in [0.1, 0.15) is 32.4 Å². The van der Waals surface area contributed by atoms with Crippen molar-refractivity contribution in [1.29, 1.82) is 0 Å². The minimum Gasteiger partial charge on any atom is -0.323 e. The molecule has 2 rings (SSSR count). The molecule has 1 aromatic carbocycles. The normalized spacial score (nSPS) is 20.1. The van der Waals surface area contributed by atoms with Gasteiger partial charge in [-0.1, -0.05) is 12.1 Å². The third kappa shape index (κ3) is 4.01. The zero-order valence-electron chi connectivity index (χ0n) is 12.8. The number of hydrogen-bond donors (Lipinski definition) is 1. The van der Waals surface area contributed by atoms with Crippen molar-refractivity contribution >= 4 is 0 Å². The van der Waals surface area contributed by atoms with E-state index in [1.807, 2.05) is 6.07 Å². The van der Waals surface area contributed by atoms with E-state index in [-0.39, 0.29) is 17.4 Å². The fraction of sp³-hybridized carbons (Fsp3) is 0.625. The lowest BCUT2D eigenvalue weighted by Crippen LogP contribution is -2.54. The molecule has 1 fully saturated rings. The van der Waals surface area contributed by atoms with Gasteiger partial charge in [0.2, 0.25) is 0 Å². The minimum absolute atomic E-state index is 0.119. The molecule has 1 unspecified atom stereocenters. The Labute approximate surface area is 121 Å². The van der Waals surface area contributed by atoms with E-state index in [9.17, 15) is 4.39 Å². The number of halogens is 1. The molecule has 1 aliphatic rings. The highest BCUT2D eigenvalue weighted by Crippen LogP contribution is 2.18. The van der Waals surface area contributed by atoms with E-state index in [0.29, 0.717) is 0 Å². The number of benzene rings is 1. The molecular formula is C16H26FN3. The first-order chi connectivity index (χ1) is 9.36. The lowest BCUT2D eigenvalue weighted by molar-refractivity contribution is 0.0598. The molecule has 0 amide bonds. The zero-order chi connectivity index (χ0) is 14.8. The molecule has 112 valence electrons. The van der Waals surface area contributed by atoms with Crippen molar-refractivity contribution in [2.45, 2.75) is 32.4 Å². The predicted molar refractivity (Wildman–Crippen MR) is 81.1 cm³/mol. The van der Waals surface area contributed by atoms with Crippen LogP contribution < -0.4 is 5.73 Å². The molecule has 0 spiro atoms. The van der Waals surface area contributed by atoms with Crippen molar-refractivity contribution in [1.82, 2.24) is 9.80 Å². The summed E-state index contributed by atoms with van der Waals surface area (Å²) in [6.45, 7) is 11.7. The average Bonchev–Trinajstić information content (AvgIpc) is 2.38. The molecule has 1 aliphatic heterocycles. The van der Waals surface area contributed by atoms with Crippen LogP contribution in [0.25, 0.3) is 0 Å². The lowest BCUT2D eigenvalue weighted by Gasteiger charge is -2.42. The summed E-state index contributed by atoms with van der Waals surface area (Å²) in [6, 6.07) is 6.50. The molecule has 1 heterocycles. The van der Waals surface area contributed by atoms with Crippen molar-refractivity contribution in [2.24, 2.45) is 5.73 Å². The fourth-order valence-electron chi connectivity index (χ4n) is 2.72. The van der Waals surface area contributed by atoms with Gasteiger partial charge in [0.25, 0.3) is 0 Å². The van der Waals surface area contributed by atoms with Gasteiger partial charge in [-0.2, -0.15) is 0 Å². The second kappa shape index (κ2) is 6.20. The second-order valence-electron chi connectivity index (χ2n) is 6.62. The smallest absolute Gasteiger partial charge is 0.123 e. The number of rotatable bonds is 3. The molecule has 1 saturated heterocycles. The second-order valence-corrected chi connectivity index (χ2v) is 6.62. The Morgan fingerprint density at radius 2 is 1.85 bits per heavy atom. The van der Waals surface area contributed by atoms with Gasteiger partial charge in [0, 0.05) is 44.3 Å². The van der Waals surface area contributed by atoms with Crippen molar-refractivity contribution < 1.29 is 4.39 Å². The summed E-state index contributed by atoms with van der Waals surface area (Å²) in [7, 11) is 0. The fourth-order valence-corrected chi connectivity index (χ4v) is 2.72. The SMILES string of the molecule is CC(C)(C)N1CCN(CC(N)c2cccc(F)c2)CC1. The van der Waals surface area contributed by atoms with Crippen molar-refractivity contribution in [2.75, 3.05) is 32.7 Å². The standard InChI is InChI=1S/C16H26FN3/c1-16(2,3)20-9-7-19(8-10-20)12-15(18)13-5-4-6-14(17)11-13/h4-6,11,15H,7-10,12,18H2,1-3H3. The van der Waals surface area contributed by atoms with E-state index in [4.69, 9.17) is 5.73 Å². The van der Waals surface area contributed by atoms with Crippen LogP contribution in [0.2, 0.25) is 0 Å². The predicted octanol–water partition coefficient (Wildman–Crippen LogP) is 2.24. The van der Waals surface area contributed by atoms with E-state index in [1.165, 1.54) is 12.1 Å². The van der Waals surface area contributed by atoms with E-state index in [1.54, 1.807) is 6.07 Å². The van der Waals surface area contributed by atoms with Crippen molar-refractivity contribution in [3.8, 4) is 0 Å². The molecule has 3 nitrogen and oxygen atoms in total. The molecule has 0 aromatic heterocycles. The summed E-state index contributed by atoms with van der Waals surface area (Å²) in [5.41, 5.74) is 7.30. The number of piperazine rings is 1. The number of nitrogens with zero attached hydrogens (tertiary/aromatic N) is 2. The van der Waals surface area contributed by atoms with Gasteiger partial charge in [-0.15, -0.1) is 0 Å². The van der Waals surface area contributed by atoms with E-state index in [2.05, 4.69) is 30.6 Å². The quantitative estimate of drug-likeness (QED) is 0.921. The van der Waals surface area contributed by atoms with E-state index >= 15 is 0 Å². The van der Waals surface area contributed by atoms with E-state index in [0.717, 1.165) is 38.3 Å². The Morgan fingerprint density at radius 1 is 1.20 bits per heavy atom. The Morgan fingerprint density at radius 3 is 2.40 bits per heavy atom. The summed E-state index contributed by atoms with van der Waals surface area (Å²) < 4.78 is 13.2. The van der Waals surface area contributed by atoms with Crippen molar-refractivity contribution in [3.05, 3.63) is 35.6 Å². The topological polar surface area (TPSA) is 32.5 Å². The van der Waals surface area contributed by atoms with Crippen LogP contribution in [0.15, 0.2) is 24.3 Å². The van der Waals surface area contributed by atoms with Gasteiger partial charge < -0.3 is 5.73 Å². The highest BCUT2D eigenvalue weighted by atomic mass is 19.1. The maximum Gasteiger partial charge on any atom is 0.123 e. The Hall–Kier alpha value is -0.970. The first-order valence-electron chi connectivity index (χ1n) is 7.35. The lowest BCUT2D eigenvalue weighted by atomic mass is 10.0. The molecular weight excluding hydrogens is 253 g/mol. The molecule has 4 heteroatoms. The minimum atomic E-state index is -0.212. The van der Waals surface area contributed by atoms with Gasteiger partial charge in [-0.3, -0.25) is 9.80 Å². The largest absolute Gasteiger partial charge is 0.323 e. The Balaban J connectivity index is 1.86. The molecule has 0 bridgehead atoms. The average molecular weight is 279 g/mol. The third-order valence-corrected chi connectivity index (χ3v) is 4.05. The maximum atomic E-state index is 13.2. The van der Waals surface area contributed by atoms with Gasteiger partial charge in [0.15, 0.2) is 0 Å². The number of hydrogen-bond acceptors (Lipinski definition) is 3. The Bertz CT molecular complexity index is 434. The monoisotopic (exact) mass is 279 g/mol. The summed E-state index contributed by atoms with van der Waals surface area (Å²) in [5, 5.41) is 0. The first-order valence-corrected chi connectivity index (χ1v) is 7.35. The van der Waals surface area contributed by atoms with Gasteiger partial charge in [0.1, 0.15) is 5.82 Å². The summed E-state index contributed by atoms with van der Waals surface area (Å²) in [6.07, 6.45) is 0. The van der Waals surface area contributed by atoms with Gasteiger partial charge >= 0.3 is 0 Å². The van der Waals surface area contributed by atoms with Gasteiger partial charge in [0.05, 0.1) is 0 Å². The van der Waals surface area contributed by atoms with Crippen LogP contribution >= 0.6 is 0 Å². The third-order valence-electron chi connectivity index (χ3n) is 4.05. The zero-order valence-corrected chi connectivity index (χ0v) is 12.8. The van der Waals surface area contributed by atoms with Crippen LogP contribution in [0.5, 0.6) is 0 Å². The van der Waals surface area contributed by atoms with E-state index < -0.39 is 0 Å². The van der Waals surface area contributed by atoms with Gasteiger partial charge in [-0.25, -0.2) is 4.39 Å². The summed E-state index contributed by atoms with van der Waals surface area (Å²) in [5.74, 6) is -0.212. The number of nitrogens with two attached hydrogens (primary N) is 1. The molecule has 0 saturated carbocycles. The van der Waals surface area contributed by atoms with Crippen molar-refractivity contribution in [3.63, 3.8) is 0 Å². The molecule has 0 radical (unpaired) electrons.